The van der Waals surface area contributed by atoms with Crippen LogP contribution in [0.4, 0.5) is 0 Å². The number of nitrogens with zero attached hydrogens (tertiary/aromatic N) is 6. The Morgan fingerprint density at radius 2 is 2.09 bits per heavy atom. The molecule has 4 aromatic rings. The maximum absolute atomic E-state index is 5.94. The number of ether oxygens (including phenoxy) is 2. The van der Waals surface area contributed by atoms with Gasteiger partial charge in [0.15, 0.2) is 11.6 Å². The minimum atomic E-state index is -0.318. The molecule has 1 atom stereocenters. The van der Waals surface area contributed by atoms with Crippen molar-refractivity contribution in [2.75, 3.05) is 13.7 Å². The van der Waals surface area contributed by atoms with E-state index in [4.69, 9.17) is 26.1 Å². The zero-order valence-corrected chi connectivity index (χ0v) is 18.4. The second-order valence-corrected chi connectivity index (χ2v) is 7.79. The van der Waals surface area contributed by atoms with Gasteiger partial charge in [-0.2, -0.15) is 5.10 Å². The van der Waals surface area contributed by atoms with E-state index in [-0.39, 0.29) is 6.10 Å². The molecule has 0 radical (unpaired) electrons. The number of methoxy groups -OCH3 is 1. The van der Waals surface area contributed by atoms with E-state index >= 15 is 0 Å². The van der Waals surface area contributed by atoms with Crippen molar-refractivity contribution in [2.24, 2.45) is 0 Å². The van der Waals surface area contributed by atoms with Gasteiger partial charge in [0.25, 0.3) is 0 Å². The minimum absolute atomic E-state index is 0.318. The van der Waals surface area contributed by atoms with Crippen molar-refractivity contribution < 1.29 is 9.47 Å². The van der Waals surface area contributed by atoms with Crippen molar-refractivity contribution in [2.45, 2.75) is 19.6 Å². The summed E-state index contributed by atoms with van der Waals surface area (Å²) >= 11 is 5.91. The summed E-state index contributed by atoms with van der Waals surface area (Å²) in [6.45, 7) is 3.16. The number of benzene rings is 1. The van der Waals surface area contributed by atoms with Gasteiger partial charge in [-0.3, -0.25) is 0 Å². The average molecular weight is 449 g/mol. The van der Waals surface area contributed by atoms with Crippen molar-refractivity contribution in [1.82, 2.24) is 29.3 Å². The van der Waals surface area contributed by atoms with E-state index in [1.54, 1.807) is 25.7 Å². The molecular formula is C23H21ClN6O2. The topological polar surface area (TPSA) is 79.9 Å². The summed E-state index contributed by atoms with van der Waals surface area (Å²) < 4.78 is 15.4. The SMILES string of the molecule is COc1cc(/C=C/c2nc3n(n2)CCOC3c2ccc(Cl)nc2)ccc1-n1cnc(C)c1. The monoisotopic (exact) mass is 448 g/mol. The smallest absolute Gasteiger partial charge is 0.174 e. The van der Waals surface area contributed by atoms with Crippen LogP contribution in [0.2, 0.25) is 5.15 Å². The van der Waals surface area contributed by atoms with Gasteiger partial charge in [-0.05, 0) is 36.8 Å². The zero-order valence-electron chi connectivity index (χ0n) is 17.6. The van der Waals surface area contributed by atoms with E-state index < -0.39 is 0 Å². The number of aromatic nitrogens is 6. The zero-order chi connectivity index (χ0) is 22.1. The van der Waals surface area contributed by atoms with Crippen LogP contribution in [0.1, 0.15) is 34.6 Å². The van der Waals surface area contributed by atoms with Crippen LogP contribution in [-0.2, 0) is 11.3 Å². The molecule has 0 saturated heterocycles. The molecule has 32 heavy (non-hydrogen) atoms. The maximum Gasteiger partial charge on any atom is 0.174 e. The molecule has 5 rings (SSSR count). The van der Waals surface area contributed by atoms with Crippen LogP contribution < -0.4 is 4.74 Å². The fourth-order valence-electron chi connectivity index (χ4n) is 3.66. The number of imidazole rings is 1. The molecule has 1 aromatic carbocycles. The fraction of sp³-hybridized carbons (Fsp3) is 0.217. The lowest BCUT2D eigenvalue weighted by Gasteiger charge is -2.22. The number of pyridine rings is 1. The lowest BCUT2D eigenvalue weighted by molar-refractivity contribution is 0.0388. The molecule has 1 aliphatic rings. The van der Waals surface area contributed by atoms with E-state index in [0.717, 1.165) is 34.1 Å². The van der Waals surface area contributed by atoms with E-state index in [9.17, 15) is 0 Å². The molecule has 0 spiro atoms. The van der Waals surface area contributed by atoms with Crippen molar-refractivity contribution in [1.29, 1.82) is 0 Å². The first-order valence-corrected chi connectivity index (χ1v) is 10.5. The van der Waals surface area contributed by atoms with Crippen LogP contribution in [-0.4, -0.2) is 43.0 Å². The highest BCUT2D eigenvalue weighted by Crippen LogP contribution is 2.29. The van der Waals surface area contributed by atoms with Gasteiger partial charge in [0.05, 0.1) is 38.0 Å². The molecule has 0 saturated carbocycles. The van der Waals surface area contributed by atoms with E-state index in [1.165, 1.54) is 0 Å². The fourth-order valence-corrected chi connectivity index (χ4v) is 3.77. The van der Waals surface area contributed by atoms with E-state index in [2.05, 4.69) is 15.1 Å². The molecule has 0 amide bonds. The molecule has 0 N–H and O–H groups in total. The first-order chi connectivity index (χ1) is 15.6. The lowest BCUT2D eigenvalue weighted by Crippen LogP contribution is -2.23. The molecule has 1 aliphatic heterocycles. The third-order valence-corrected chi connectivity index (χ3v) is 5.43. The lowest BCUT2D eigenvalue weighted by atomic mass is 10.1. The number of hydrogen-bond acceptors (Lipinski definition) is 6. The van der Waals surface area contributed by atoms with Crippen LogP contribution in [0.25, 0.3) is 17.8 Å². The minimum Gasteiger partial charge on any atom is -0.495 e. The number of rotatable bonds is 5. The normalized spacial score (nSPS) is 15.8. The maximum atomic E-state index is 5.94. The van der Waals surface area contributed by atoms with E-state index in [1.807, 2.05) is 58.8 Å². The predicted molar refractivity (Wildman–Crippen MR) is 121 cm³/mol. The quantitative estimate of drug-likeness (QED) is 0.427. The standard InChI is InChI=1S/C23H21ClN6O2/c1-15-13-29(14-26-15)18-6-3-16(11-19(18)31-2)4-8-21-27-23-22(32-10-9-30(23)28-21)17-5-7-20(24)25-12-17/h3-8,11-14,22H,9-10H2,1-2H3/b8-4+. The highest BCUT2D eigenvalue weighted by Gasteiger charge is 2.26. The van der Waals surface area contributed by atoms with Crippen LogP contribution in [0, 0.1) is 6.92 Å². The number of fused-ring (bicyclic) bond motifs is 1. The van der Waals surface area contributed by atoms with Gasteiger partial charge in [-0.15, -0.1) is 0 Å². The van der Waals surface area contributed by atoms with Crippen molar-refractivity contribution in [3.63, 3.8) is 0 Å². The summed E-state index contributed by atoms with van der Waals surface area (Å²) in [4.78, 5) is 13.1. The van der Waals surface area contributed by atoms with Crippen molar-refractivity contribution >= 4 is 23.8 Å². The van der Waals surface area contributed by atoms with Crippen LogP contribution in [0.3, 0.4) is 0 Å². The Morgan fingerprint density at radius 3 is 2.84 bits per heavy atom. The van der Waals surface area contributed by atoms with Gasteiger partial charge in [-0.25, -0.2) is 19.6 Å². The number of aryl methyl sites for hydroxylation is 1. The third-order valence-electron chi connectivity index (χ3n) is 5.21. The van der Waals surface area contributed by atoms with Crippen LogP contribution in [0.5, 0.6) is 5.75 Å². The molecule has 0 fully saturated rings. The molecule has 4 heterocycles. The molecule has 8 nitrogen and oxygen atoms in total. The Kier molecular flexibility index (Phi) is 5.46. The van der Waals surface area contributed by atoms with Gasteiger partial charge < -0.3 is 14.0 Å². The third kappa shape index (κ3) is 4.02. The van der Waals surface area contributed by atoms with Crippen LogP contribution in [0.15, 0.2) is 49.1 Å². The van der Waals surface area contributed by atoms with Gasteiger partial charge in [0.2, 0.25) is 0 Å². The van der Waals surface area contributed by atoms with Crippen molar-refractivity contribution in [3.8, 4) is 11.4 Å². The largest absolute Gasteiger partial charge is 0.495 e. The number of halogens is 1. The molecular weight excluding hydrogens is 428 g/mol. The van der Waals surface area contributed by atoms with Gasteiger partial charge in [0, 0.05) is 18.0 Å². The second-order valence-electron chi connectivity index (χ2n) is 7.40. The molecule has 162 valence electrons. The summed E-state index contributed by atoms with van der Waals surface area (Å²) in [5.74, 6) is 2.12. The molecule has 1 unspecified atom stereocenters. The Bertz CT molecular complexity index is 1280. The number of hydrogen-bond donors (Lipinski definition) is 0. The average Bonchev–Trinajstić information content (AvgIpc) is 3.43. The van der Waals surface area contributed by atoms with Crippen molar-refractivity contribution in [3.05, 3.63) is 82.7 Å². The first kappa shape index (κ1) is 20.4. The Labute approximate surface area is 190 Å². The molecule has 9 heteroatoms. The highest BCUT2D eigenvalue weighted by molar-refractivity contribution is 6.29. The summed E-state index contributed by atoms with van der Waals surface area (Å²) in [6.07, 6.45) is 8.98. The predicted octanol–water partition coefficient (Wildman–Crippen LogP) is 4.12. The van der Waals surface area contributed by atoms with Gasteiger partial charge in [-0.1, -0.05) is 29.8 Å². The van der Waals surface area contributed by atoms with E-state index in [0.29, 0.717) is 24.1 Å². The Hall–Kier alpha value is -3.49. The Balaban J connectivity index is 1.40. The second kappa shape index (κ2) is 8.57. The summed E-state index contributed by atoms with van der Waals surface area (Å²) in [5, 5.41) is 5.06. The summed E-state index contributed by atoms with van der Waals surface area (Å²) in [7, 11) is 1.66. The van der Waals surface area contributed by atoms with Gasteiger partial charge >= 0.3 is 0 Å². The van der Waals surface area contributed by atoms with Crippen LogP contribution >= 0.6 is 11.6 Å². The molecule has 0 bridgehead atoms. The first-order valence-electron chi connectivity index (χ1n) is 10.2. The summed E-state index contributed by atoms with van der Waals surface area (Å²) in [6, 6.07) is 9.64. The Morgan fingerprint density at radius 1 is 1.19 bits per heavy atom. The molecule has 3 aromatic heterocycles. The molecule has 0 aliphatic carbocycles. The highest BCUT2D eigenvalue weighted by atomic mass is 35.5. The van der Waals surface area contributed by atoms with Gasteiger partial charge in [0.1, 0.15) is 17.0 Å². The summed E-state index contributed by atoms with van der Waals surface area (Å²) in [5.41, 5.74) is 3.75.